The number of aromatic nitrogens is 2. The van der Waals surface area contributed by atoms with Gasteiger partial charge in [-0.05, 0) is 36.1 Å². The van der Waals surface area contributed by atoms with Crippen LogP contribution in [0.1, 0.15) is 31.4 Å². The Morgan fingerprint density at radius 2 is 2.07 bits per heavy atom. The SMILES string of the molecule is CC(C)CCNc1nc(Nc2ccc3c(c2)CC(=O)N3)ncc1C(F)(F)F. The average molecular weight is 379 g/mol. The molecule has 0 atom stereocenters. The summed E-state index contributed by atoms with van der Waals surface area (Å²) in [7, 11) is 0. The van der Waals surface area contributed by atoms with E-state index in [1.54, 1.807) is 18.2 Å². The van der Waals surface area contributed by atoms with Crippen LogP contribution >= 0.6 is 0 Å². The molecule has 0 bridgehead atoms. The van der Waals surface area contributed by atoms with Crippen LogP contribution in [0.25, 0.3) is 0 Å². The van der Waals surface area contributed by atoms with Crippen LogP contribution < -0.4 is 16.0 Å². The number of fused-ring (bicyclic) bond motifs is 1. The van der Waals surface area contributed by atoms with Crippen molar-refractivity contribution in [3.8, 4) is 0 Å². The quantitative estimate of drug-likeness (QED) is 0.701. The van der Waals surface area contributed by atoms with Gasteiger partial charge in [-0.1, -0.05) is 13.8 Å². The smallest absolute Gasteiger partial charge is 0.369 e. The number of hydrogen-bond acceptors (Lipinski definition) is 5. The lowest BCUT2D eigenvalue weighted by molar-refractivity contribution is -0.137. The zero-order valence-corrected chi connectivity index (χ0v) is 14.9. The molecule has 1 aliphatic rings. The number of anilines is 4. The summed E-state index contributed by atoms with van der Waals surface area (Å²) in [4.78, 5) is 19.2. The Morgan fingerprint density at radius 1 is 1.30 bits per heavy atom. The number of carbonyl (C=O) groups is 1. The van der Waals surface area contributed by atoms with Gasteiger partial charge in [-0.15, -0.1) is 0 Å². The number of carbonyl (C=O) groups excluding carboxylic acids is 1. The maximum absolute atomic E-state index is 13.2. The molecule has 2 heterocycles. The van der Waals surface area contributed by atoms with Crippen molar-refractivity contribution in [2.24, 2.45) is 5.92 Å². The molecule has 0 radical (unpaired) electrons. The molecule has 144 valence electrons. The molecule has 1 aromatic heterocycles. The fourth-order valence-corrected chi connectivity index (χ4v) is 2.70. The fraction of sp³-hybridized carbons (Fsp3) is 0.389. The fourth-order valence-electron chi connectivity index (χ4n) is 2.70. The lowest BCUT2D eigenvalue weighted by atomic mass is 10.1. The lowest BCUT2D eigenvalue weighted by Crippen LogP contribution is -2.15. The number of nitrogens with one attached hydrogen (secondary N) is 3. The van der Waals surface area contributed by atoms with Crippen LogP contribution in [-0.4, -0.2) is 22.4 Å². The molecule has 27 heavy (non-hydrogen) atoms. The second-order valence-electron chi connectivity index (χ2n) is 6.78. The van der Waals surface area contributed by atoms with Crippen LogP contribution in [0.5, 0.6) is 0 Å². The third-order valence-electron chi connectivity index (χ3n) is 4.09. The first-order chi connectivity index (χ1) is 12.7. The van der Waals surface area contributed by atoms with Gasteiger partial charge in [-0.3, -0.25) is 4.79 Å². The molecule has 0 saturated carbocycles. The highest BCUT2D eigenvalue weighted by Gasteiger charge is 2.35. The number of nitrogens with zero attached hydrogens (tertiary/aromatic N) is 2. The van der Waals surface area contributed by atoms with Crippen molar-refractivity contribution in [1.82, 2.24) is 9.97 Å². The van der Waals surface area contributed by atoms with Gasteiger partial charge in [0.15, 0.2) is 0 Å². The summed E-state index contributed by atoms with van der Waals surface area (Å²) in [6, 6.07) is 5.19. The summed E-state index contributed by atoms with van der Waals surface area (Å²) in [5.41, 5.74) is 1.24. The highest BCUT2D eigenvalue weighted by Crippen LogP contribution is 2.34. The minimum Gasteiger partial charge on any atom is -0.369 e. The van der Waals surface area contributed by atoms with Crippen molar-refractivity contribution in [1.29, 1.82) is 0 Å². The topological polar surface area (TPSA) is 78.9 Å². The summed E-state index contributed by atoms with van der Waals surface area (Å²) >= 11 is 0. The maximum Gasteiger partial charge on any atom is 0.421 e. The monoisotopic (exact) mass is 379 g/mol. The van der Waals surface area contributed by atoms with Crippen LogP contribution in [0.2, 0.25) is 0 Å². The Morgan fingerprint density at radius 3 is 2.78 bits per heavy atom. The molecule has 0 saturated heterocycles. The molecule has 1 aliphatic heterocycles. The molecular formula is C18H20F3N5O. The van der Waals surface area contributed by atoms with Gasteiger partial charge in [0.25, 0.3) is 0 Å². The molecule has 0 fully saturated rings. The summed E-state index contributed by atoms with van der Waals surface area (Å²) in [5.74, 6) is 0.0597. The van der Waals surface area contributed by atoms with Crippen LogP contribution in [0.15, 0.2) is 24.4 Å². The lowest BCUT2D eigenvalue weighted by Gasteiger charge is -2.15. The Hall–Kier alpha value is -2.84. The molecule has 6 nitrogen and oxygen atoms in total. The second kappa shape index (κ2) is 7.42. The molecule has 9 heteroatoms. The number of halogens is 3. The van der Waals surface area contributed by atoms with Crippen molar-refractivity contribution in [3.63, 3.8) is 0 Å². The third kappa shape index (κ3) is 4.66. The van der Waals surface area contributed by atoms with Gasteiger partial charge in [-0.2, -0.15) is 18.2 Å². The molecule has 3 rings (SSSR count). The van der Waals surface area contributed by atoms with Crippen molar-refractivity contribution < 1.29 is 18.0 Å². The van der Waals surface area contributed by atoms with Gasteiger partial charge in [0.2, 0.25) is 11.9 Å². The predicted molar refractivity (Wildman–Crippen MR) is 97.0 cm³/mol. The van der Waals surface area contributed by atoms with Gasteiger partial charge in [0, 0.05) is 24.1 Å². The molecule has 2 aromatic rings. The molecular weight excluding hydrogens is 359 g/mol. The number of rotatable bonds is 6. The van der Waals surface area contributed by atoms with E-state index in [-0.39, 0.29) is 24.1 Å². The number of benzene rings is 1. The third-order valence-corrected chi connectivity index (χ3v) is 4.09. The molecule has 0 spiro atoms. The van der Waals surface area contributed by atoms with E-state index < -0.39 is 11.7 Å². The van der Waals surface area contributed by atoms with E-state index in [0.29, 0.717) is 18.2 Å². The van der Waals surface area contributed by atoms with Gasteiger partial charge in [0.05, 0.1) is 6.42 Å². The normalized spacial score (nSPS) is 13.5. The Balaban J connectivity index is 1.81. The van der Waals surface area contributed by atoms with E-state index in [2.05, 4.69) is 25.9 Å². The van der Waals surface area contributed by atoms with Crippen LogP contribution in [0, 0.1) is 5.92 Å². The largest absolute Gasteiger partial charge is 0.421 e. The van der Waals surface area contributed by atoms with Gasteiger partial charge in [0.1, 0.15) is 11.4 Å². The summed E-state index contributed by atoms with van der Waals surface area (Å²) in [6.45, 7) is 4.36. The summed E-state index contributed by atoms with van der Waals surface area (Å²) in [6.07, 6.45) is -2.79. The first-order valence-corrected chi connectivity index (χ1v) is 8.60. The Kier molecular flexibility index (Phi) is 5.20. The van der Waals surface area contributed by atoms with Crippen LogP contribution in [-0.2, 0) is 17.4 Å². The minimum atomic E-state index is -4.54. The van der Waals surface area contributed by atoms with E-state index in [1.807, 2.05) is 13.8 Å². The van der Waals surface area contributed by atoms with E-state index >= 15 is 0 Å². The number of amides is 1. The number of alkyl halides is 3. The molecule has 0 aliphatic carbocycles. The average Bonchev–Trinajstić information content (AvgIpc) is 2.93. The Bertz CT molecular complexity index is 851. The van der Waals surface area contributed by atoms with Gasteiger partial charge >= 0.3 is 6.18 Å². The van der Waals surface area contributed by atoms with E-state index in [1.165, 1.54) is 0 Å². The van der Waals surface area contributed by atoms with Crippen molar-refractivity contribution in [2.75, 3.05) is 22.5 Å². The number of hydrogen-bond donors (Lipinski definition) is 3. The predicted octanol–water partition coefficient (Wildman–Crippen LogP) is 4.19. The highest BCUT2D eigenvalue weighted by atomic mass is 19.4. The molecule has 3 N–H and O–H groups in total. The zero-order valence-electron chi connectivity index (χ0n) is 14.9. The first-order valence-electron chi connectivity index (χ1n) is 8.60. The van der Waals surface area contributed by atoms with Crippen LogP contribution in [0.4, 0.5) is 36.3 Å². The van der Waals surface area contributed by atoms with Crippen molar-refractivity contribution in [2.45, 2.75) is 32.9 Å². The highest BCUT2D eigenvalue weighted by molar-refractivity contribution is 5.99. The summed E-state index contributed by atoms with van der Waals surface area (Å²) in [5, 5.41) is 8.38. The van der Waals surface area contributed by atoms with E-state index in [0.717, 1.165) is 23.9 Å². The van der Waals surface area contributed by atoms with E-state index in [4.69, 9.17) is 0 Å². The minimum absolute atomic E-state index is 0.0484. The molecule has 1 aromatic carbocycles. The summed E-state index contributed by atoms with van der Waals surface area (Å²) < 4.78 is 39.6. The first kappa shape index (κ1) is 18.9. The van der Waals surface area contributed by atoms with Gasteiger partial charge < -0.3 is 16.0 Å². The second-order valence-corrected chi connectivity index (χ2v) is 6.78. The maximum atomic E-state index is 13.2. The Labute approximate surface area is 154 Å². The van der Waals surface area contributed by atoms with Crippen molar-refractivity contribution >= 4 is 29.0 Å². The molecule has 0 unspecified atom stereocenters. The zero-order chi connectivity index (χ0) is 19.6. The van der Waals surface area contributed by atoms with Crippen LogP contribution in [0.3, 0.4) is 0 Å². The van der Waals surface area contributed by atoms with Crippen molar-refractivity contribution in [3.05, 3.63) is 35.5 Å². The van der Waals surface area contributed by atoms with E-state index in [9.17, 15) is 18.0 Å². The molecule has 1 amide bonds. The standard InChI is InChI=1S/C18H20F3N5O/c1-10(2)5-6-22-16-13(18(19,20)21)9-23-17(26-16)24-12-3-4-14-11(7-12)8-15(27)25-14/h3-4,7,9-10H,5-6,8H2,1-2H3,(H,25,27)(H2,22,23,24,26). The van der Waals surface area contributed by atoms with Gasteiger partial charge in [-0.25, -0.2) is 4.98 Å².